The number of methoxy groups -OCH3 is 1. The van der Waals surface area contributed by atoms with E-state index in [1.807, 2.05) is 6.92 Å². The summed E-state index contributed by atoms with van der Waals surface area (Å²) in [5, 5.41) is 2.55. The molecule has 1 aromatic rings. The molecule has 2 nitrogen and oxygen atoms in total. The van der Waals surface area contributed by atoms with Gasteiger partial charge in [0.25, 0.3) is 0 Å². The smallest absolute Gasteiger partial charge is 0.407 e. The molecule has 0 saturated heterocycles. The van der Waals surface area contributed by atoms with Gasteiger partial charge in [0.15, 0.2) is 0 Å². The highest BCUT2D eigenvalue weighted by Gasteiger charge is 2.40. The Morgan fingerprint density at radius 3 is 2.11 bits per heavy atom. The van der Waals surface area contributed by atoms with Crippen LogP contribution in [0.4, 0.5) is 13.2 Å². The van der Waals surface area contributed by atoms with Gasteiger partial charge in [-0.25, -0.2) is 0 Å². The Kier molecular flexibility index (Phi) is 5.23. The van der Waals surface area contributed by atoms with Crippen molar-refractivity contribution in [2.75, 3.05) is 13.7 Å². The maximum Gasteiger partial charge on any atom is 0.407 e. The van der Waals surface area contributed by atoms with Gasteiger partial charge in [-0.3, -0.25) is 0 Å². The summed E-state index contributed by atoms with van der Waals surface area (Å²) in [4.78, 5) is 0. The minimum atomic E-state index is -4.30. The molecule has 0 aliphatic rings. The number of alkyl halides is 3. The third-order valence-corrected chi connectivity index (χ3v) is 2.95. The van der Waals surface area contributed by atoms with Crippen molar-refractivity contribution >= 4 is 0 Å². The highest BCUT2D eigenvalue weighted by Crippen LogP contribution is 2.35. The van der Waals surface area contributed by atoms with E-state index in [1.54, 1.807) is 13.8 Å². The molecule has 0 amide bonds. The van der Waals surface area contributed by atoms with E-state index in [4.69, 9.17) is 4.74 Å². The maximum absolute atomic E-state index is 13.1. The predicted octanol–water partition coefficient (Wildman–Crippen LogP) is 3.92. The van der Waals surface area contributed by atoms with Gasteiger partial charge in [0.05, 0.1) is 7.11 Å². The minimum Gasteiger partial charge on any atom is -0.496 e. The molecule has 0 aromatic heterocycles. The third kappa shape index (κ3) is 3.86. The van der Waals surface area contributed by atoms with Crippen molar-refractivity contribution in [2.45, 2.75) is 39.4 Å². The molecule has 0 spiro atoms. The van der Waals surface area contributed by atoms with Crippen molar-refractivity contribution in [2.24, 2.45) is 0 Å². The Hall–Kier alpha value is -1.23. The Balaban J connectivity index is 3.16. The van der Waals surface area contributed by atoms with Gasteiger partial charge in [0.1, 0.15) is 11.8 Å². The molecule has 0 radical (unpaired) electrons. The average Bonchev–Trinajstić information content (AvgIpc) is 2.27. The Bertz CT molecular complexity index is 406. The standard InChI is InChI=1S/C14H20F3NO/c1-5-6-18-13(14(15,16)17)11-7-9(2)12(19-4)10(3)8-11/h7-8,13,18H,5-6H2,1-4H3. The van der Waals surface area contributed by atoms with Gasteiger partial charge < -0.3 is 10.1 Å². The second-order valence-corrected chi connectivity index (χ2v) is 4.62. The molecule has 1 N–H and O–H groups in total. The fourth-order valence-corrected chi connectivity index (χ4v) is 2.18. The lowest BCUT2D eigenvalue weighted by Crippen LogP contribution is -2.34. The molecule has 0 fully saturated rings. The van der Waals surface area contributed by atoms with Gasteiger partial charge in [-0.05, 0) is 43.5 Å². The molecule has 5 heteroatoms. The molecule has 1 atom stereocenters. The van der Waals surface area contributed by atoms with E-state index in [1.165, 1.54) is 19.2 Å². The molecular formula is C14H20F3NO. The number of hydrogen-bond donors (Lipinski definition) is 1. The number of halogens is 3. The monoisotopic (exact) mass is 275 g/mol. The molecule has 1 unspecified atom stereocenters. The first-order chi connectivity index (χ1) is 8.81. The minimum absolute atomic E-state index is 0.233. The zero-order chi connectivity index (χ0) is 14.6. The summed E-state index contributed by atoms with van der Waals surface area (Å²) in [6.45, 7) is 5.67. The topological polar surface area (TPSA) is 21.3 Å². The van der Waals surface area contributed by atoms with Crippen LogP contribution in [0.5, 0.6) is 5.75 Å². The molecule has 0 heterocycles. The lowest BCUT2D eigenvalue weighted by atomic mass is 9.99. The molecule has 108 valence electrons. The van der Waals surface area contributed by atoms with Crippen molar-refractivity contribution < 1.29 is 17.9 Å². The fraction of sp³-hybridized carbons (Fsp3) is 0.571. The van der Waals surface area contributed by atoms with Crippen LogP contribution in [-0.2, 0) is 0 Å². The quantitative estimate of drug-likeness (QED) is 0.879. The van der Waals surface area contributed by atoms with Crippen LogP contribution in [-0.4, -0.2) is 19.8 Å². The highest BCUT2D eigenvalue weighted by atomic mass is 19.4. The molecule has 1 aromatic carbocycles. The van der Waals surface area contributed by atoms with Gasteiger partial charge in [-0.15, -0.1) is 0 Å². The second-order valence-electron chi connectivity index (χ2n) is 4.62. The number of nitrogens with one attached hydrogen (secondary N) is 1. The Labute approximate surface area is 112 Å². The fourth-order valence-electron chi connectivity index (χ4n) is 2.18. The van der Waals surface area contributed by atoms with Crippen molar-refractivity contribution in [3.05, 3.63) is 28.8 Å². The van der Waals surface area contributed by atoms with Crippen LogP contribution in [0.1, 0.15) is 36.1 Å². The van der Waals surface area contributed by atoms with Crippen LogP contribution in [0.2, 0.25) is 0 Å². The SMILES string of the molecule is CCCNC(c1cc(C)c(OC)c(C)c1)C(F)(F)F. The van der Waals surface area contributed by atoms with E-state index >= 15 is 0 Å². The summed E-state index contributed by atoms with van der Waals surface area (Å²) in [7, 11) is 1.52. The maximum atomic E-state index is 13.1. The molecular weight excluding hydrogens is 255 g/mol. The van der Waals surface area contributed by atoms with Crippen molar-refractivity contribution in [1.82, 2.24) is 5.32 Å². The summed E-state index contributed by atoms with van der Waals surface area (Å²) in [6, 6.07) is 1.44. The molecule has 0 aliphatic carbocycles. The lowest BCUT2D eigenvalue weighted by Gasteiger charge is -2.23. The Morgan fingerprint density at radius 1 is 1.21 bits per heavy atom. The first kappa shape index (κ1) is 15.8. The zero-order valence-electron chi connectivity index (χ0n) is 11.7. The Morgan fingerprint density at radius 2 is 1.74 bits per heavy atom. The molecule has 0 bridgehead atoms. The van der Waals surface area contributed by atoms with Gasteiger partial charge >= 0.3 is 6.18 Å². The first-order valence-corrected chi connectivity index (χ1v) is 6.26. The van der Waals surface area contributed by atoms with Crippen molar-refractivity contribution in [1.29, 1.82) is 0 Å². The number of hydrogen-bond acceptors (Lipinski definition) is 2. The van der Waals surface area contributed by atoms with E-state index < -0.39 is 12.2 Å². The molecule has 1 rings (SSSR count). The normalized spacial score (nSPS) is 13.4. The lowest BCUT2D eigenvalue weighted by molar-refractivity contribution is -0.157. The molecule has 0 saturated carbocycles. The van der Waals surface area contributed by atoms with E-state index in [0.717, 1.165) is 0 Å². The van der Waals surface area contributed by atoms with E-state index in [2.05, 4.69) is 5.32 Å². The summed E-state index contributed by atoms with van der Waals surface area (Å²) in [6.07, 6.45) is -3.65. The van der Waals surface area contributed by atoms with Crippen LogP contribution in [0.15, 0.2) is 12.1 Å². The van der Waals surface area contributed by atoms with Crippen molar-refractivity contribution in [3.63, 3.8) is 0 Å². The van der Waals surface area contributed by atoms with Gasteiger partial charge in [0, 0.05) is 0 Å². The van der Waals surface area contributed by atoms with Crippen LogP contribution in [0.25, 0.3) is 0 Å². The summed E-state index contributed by atoms with van der Waals surface area (Å²) in [5.74, 6) is 0.639. The van der Waals surface area contributed by atoms with Crippen LogP contribution in [0, 0.1) is 13.8 Å². The van der Waals surface area contributed by atoms with E-state index in [0.29, 0.717) is 29.8 Å². The van der Waals surface area contributed by atoms with Crippen LogP contribution in [0.3, 0.4) is 0 Å². The van der Waals surface area contributed by atoms with Gasteiger partial charge in [-0.1, -0.05) is 19.1 Å². The average molecular weight is 275 g/mol. The summed E-state index contributed by atoms with van der Waals surface area (Å²) < 4.78 is 44.4. The number of rotatable bonds is 5. The summed E-state index contributed by atoms with van der Waals surface area (Å²) in [5.41, 5.74) is 1.66. The van der Waals surface area contributed by atoms with E-state index in [-0.39, 0.29) is 5.56 Å². The highest BCUT2D eigenvalue weighted by molar-refractivity contribution is 5.44. The molecule has 19 heavy (non-hydrogen) atoms. The summed E-state index contributed by atoms with van der Waals surface area (Å²) >= 11 is 0. The van der Waals surface area contributed by atoms with Crippen LogP contribution >= 0.6 is 0 Å². The second kappa shape index (κ2) is 6.28. The third-order valence-electron chi connectivity index (χ3n) is 2.95. The van der Waals surface area contributed by atoms with Gasteiger partial charge in [0.2, 0.25) is 0 Å². The van der Waals surface area contributed by atoms with Gasteiger partial charge in [-0.2, -0.15) is 13.2 Å². The molecule has 0 aliphatic heterocycles. The predicted molar refractivity (Wildman–Crippen MR) is 69.6 cm³/mol. The number of benzene rings is 1. The number of ether oxygens (including phenoxy) is 1. The number of aryl methyl sites for hydroxylation is 2. The van der Waals surface area contributed by atoms with Crippen LogP contribution < -0.4 is 10.1 Å². The zero-order valence-corrected chi connectivity index (χ0v) is 11.7. The largest absolute Gasteiger partial charge is 0.496 e. The first-order valence-electron chi connectivity index (χ1n) is 6.26. The van der Waals surface area contributed by atoms with E-state index in [9.17, 15) is 13.2 Å². The van der Waals surface area contributed by atoms with Crippen molar-refractivity contribution in [3.8, 4) is 5.75 Å².